The molecule has 0 amide bonds. The topological polar surface area (TPSA) is 47.6 Å². The van der Waals surface area contributed by atoms with Crippen molar-refractivity contribution in [1.82, 2.24) is 5.32 Å². The molecular formula is C16H23NO3. The molecule has 4 heteroatoms. The van der Waals surface area contributed by atoms with Gasteiger partial charge in [-0.05, 0) is 18.9 Å². The number of benzene rings is 1. The van der Waals surface area contributed by atoms with Crippen LogP contribution in [0.5, 0.6) is 5.75 Å². The van der Waals surface area contributed by atoms with Crippen molar-refractivity contribution in [1.29, 1.82) is 0 Å². The van der Waals surface area contributed by atoms with E-state index in [1.54, 1.807) is 7.11 Å². The summed E-state index contributed by atoms with van der Waals surface area (Å²) in [6.07, 6.45) is 4.93. The standard InChI is InChI=1S/C16H23NO3/c1-19-15-10-6-5-9-13(15)14(16(18)20-2)11-17-12-7-3-4-8-12/h5-6,9-10,12,14,17H,3-4,7-8,11H2,1-2H3. The van der Waals surface area contributed by atoms with Gasteiger partial charge in [-0.2, -0.15) is 0 Å². The van der Waals surface area contributed by atoms with Crippen molar-refractivity contribution >= 4 is 5.97 Å². The lowest BCUT2D eigenvalue weighted by molar-refractivity contribution is -0.142. The molecule has 1 unspecified atom stereocenters. The Labute approximate surface area is 120 Å². The van der Waals surface area contributed by atoms with E-state index in [4.69, 9.17) is 9.47 Å². The second-order valence-corrected chi connectivity index (χ2v) is 5.21. The van der Waals surface area contributed by atoms with Crippen LogP contribution in [0.2, 0.25) is 0 Å². The number of hydrogen-bond donors (Lipinski definition) is 1. The van der Waals surface area contributed by atoms with Crippen molar-refractivity contribution in [3.05, 3.63) is 29.8 Å². The fourth-order valence-corrected chi connectivity index (χ4v) is 2.83. The maximum atomic E-state index is 12.1. The van der Waals surface area contributed by atoms with Crippen LogP contribution >= 0.6 is 0 Å². The maximum absolute atomic E-state index is 12.1. The molecule has 1 aliphatic carbocycles. The van der Waals surface area contributed by atoms with E-state index in [2.05, 4.69) is 5.32 Å². The fraction of sp³-hybridized carbons (Fsp3) is 0.562. The van der Waals surface area contributed by atoms with Gasteiger partial charge in [-0.3, -0.25) is 4.79 Å². The highest BCUT2D eigenvalue weighted by Crippen LogP contribution is 2.28. The van der Waals surface area contributed by atoms with Crippen LogP contribution in [-0.4, -0.2) is 32.8 Å². The van der Waals surface area contributed by atoms with Gasteiger partial charge in [0.2, 0.25) is 0 Å². The zero-order valence-corrected chi connectivity index (χ0v) is 12.2. The van der Waals surface area contributed by atoms with E-state index in [1.807, 2.05) is 24.3 Å². The molecule has 110 valence electrons. The molecule has 0 spiro atoms. The van der Waals surface area contributed by atoms with Gasteiger partial charge in [0.25, 0.3) is 0 Å². The van der Waals surface area contributed by atoms with E-state index in [9.17, 15) is 4.79 Å². The first-order valence-corrected chi connectivity index (χ1v) is 7.20. The first-order valence-electron chi connectivity index (χ1n) is 7.20. The molecule has 1 fully saturated rings. The number of ether oxygens (including phenoxy) is 2. The fourth-order valence-electron chi connectivity index (χ4n) is 2.83. The van der Waals surface area contributed by atoms with E-state index in [-0.39, 0.29) is 11.9 Å². The molecule has 1 atom stereocenters. The lowest BCUT2D eigenvalue weighted by atomic mass is 9.97. The summed E-state index contributed by atoms with van der Waals surface area (Å²) in [5.74, 6) is 0.188. The molecule has 20 heavy (non-hydrogen) atoms. The van der Waals surface area contributed by atoms with E-state index in [0.29, 0.717) is 12.6 Å². The quantitative estimate of drug-likeness (QED) is 0.812. The zero-order valence-electron chi connectivity index (χ0n) is 12.2. The summed E-state index contributed by atoms with van der Waals surface area (Å²) < 4.78 is 10.3. The predicted octanol–water partition coefficient (Wildman–Crippen LogP) is 2.48. The molecule has 1 N–H and O–H groups in total. The molecule has 1 aromatic carbocycles. The number of methoxy groups -OCH3 is 2. The smallest absolute Gasteiger partial charge is 0.314 e. The minimum atomic E-state index is -0.322. The lowest BCUT2D eigenvalue weighted by Gasteiger charge is -2.20. The van der Waals surface area contributed by atoms with Crippen LogP contribution in [0.25, 0.3) is 0 Å². The molecular weight excluding hydrogens is 254 g/mol. The van der Waals surface area contributed by atoms with Crippen molar-refractivity contribution in [3.63, 3.8) is 0 Å². The predicted molar refractivity (Wildman–Crippen MR) is 78.0 cm³/mol. The molecule has 1 saturated carbocycles. The van der Waals surface area contributed by atoms with Crippen LogP contribution < -0.4 is 10.1 Å². The van der Waals surface area contributed by atoms with Crippen molar-refractivity contribution in [2.45, 2.75) is 37.6 Å². The Kier molecular flexibility index (Phi) is 5.41. The molecule has 0 bridgehead atoms. The van der Waals surface area contributed by atoms with Crippen LogP contribution in [0.15, 0.2) is 24.3 Å². The third kappa shape index (κ3) is 3.51. The Hall–Kier alpha value is -1.55. The van der Waals surface area contributed by atoms with Crippen LogP contribution in [0.4, 0.5) is 0 Å². The van der Waals surface area contributed by atoms with Crippen molar-refractivity contribution < 1.29 is 14.3 Å². The van der Waals surface area contributed by atoms with Crippen molar-refractivity contribution in [2.75, 3.05) is 20.8 Å². The van der Waals surface area contributed by atoms with Gasteiger partial charge in [0.05, 0.1) is 20.1 Å². The number of hydrogen-bond acceptors (Lipinski definition) is 4. The zero-order chi connectivity index (χ0) is 14.4. The number of para-hydroxylation sites is 1. The van der Waals surface area contributed by atoms with Gasteiger partial charge in [-0.15, -0.1) is 0 Å². The number of nitrogens with one attached hydrogen (secondary N) is 1. The Balaban J connectivity index is 2.11. The molecule has 0 aliphatic heterocycles. The van der Waals surface area contributed by atoms with Crippen LogP contribution in [0, 0.1) is 0 Å². The molecule has 0 heterocycles. The third-order valence-corrected chi connectivity index (χ3v) is 3.97. The summed E-state index contributed by atoms with van der Waals surface area (Å²) >= 11 is 0. The van der Waals surface area contributed by atoms with Gasteiger partial charge in [0, 0.05) is 18.2 Å². The Bertz CT molecular complexity index is 441. The van der Waals surface area contributed by atoms with Crippen molar-refractivity contribution in [2.24, 2.45) is 0 Å². The highest BCUT2D eigenvalue weighted by atomic mass is 16.5. The third-order valence-electron chi connectivity index (χ3n) is 3.97. The molecule has 0 radical (unpaired) electrons. The molecule has 1 aromatic rings. The lowest BCUT2D eigenvalue weighted by Crippen LogP contribution is -2.34. The minimum absolute atomic E-state index is 0.222. The summed E-state index contributed by atoms with van der Waals surface area (Å²) in [6.45, 7) is 0.595. The normalized spacial score (nSPS) is 16.9. The summed E-state index contributed by atoms with van der Waals surface area (Å²) in [5.41, 5.74) is 0.882. The monoisotopic (exact) mass is 277 g/mol. The van der Waals surface area contributed by atoms with Gasteiger partial charge >= 0.3 is 5.97 Å². The summed E-state index contributed by atoms with van der Waals surface area (Å²) in [5, 5.41) is 3.49. The average Bonchev–Trinajstić information content (AvgIpc) is 3.01. The summed E-state index contributed by atoms with van der Waals surface area (Å²) in [7, 11) is 3.05. The van der Waals surface area contributed by atoms with E-state index in [1.165, 1.54) is 32.8 Å². The second kappa shape index (κ2) is 7.29. The van der Waals surface area contributed by atoms with Crippen molar-refractivity contribution in [3.8, 4) is 5.75 Å². The van der Waals surface area contributed by atoms with Crippen LogP contribution in [0.1, 0.15) is 37.2 Å². The highest BCUT2D eigenvalue weighted by molar-refractivity contribution is 5.79. The number of esters is 1. The van der Waals surface area contributed by atoms with E-state index < -0.39 is 0 Å². The highest BCUT2D eigenvalue weighted by Gasteiger charge is 2.26. The first-order chi connectivity index (χ1) is 9.76. The summed E-state index contributed by atoms with van der Waals surface area (Å²) in [6, 6.07) is 8.15. The second-order valence-electron chi connectivity index (χ2n) is 5.21. The van der Waals surface area contributed by atoms with Gasteiger partial charge in [-0.25, -0.2) is 0 Å². The summed E-state index contributed by atoms with van der Waals surface area (Å²) in [4.78, 5) is 12.1. The van der Waals surface area contributed by atoms with E-state index in [0.717, 1.165) is 11.3 Å². The van der Waals surface area contributed by atoms with Gasteiger partial charge in [0.1, 0.15) is 5.75 Å². The SMILES string of the molecule is COC(=O)C(CNC1CCCC1)c1ccccc1OC. The van der Waals surface area contributed by atoms with Gasteiger partial charge in [0.15, 0.2) is 0 Å². The van der Waals surface area contributed by atoms with Crippen LogP contribution in [-0.2, 0) is 9.53 Å². The average molecular weight is 277 g/mol. The maximum Gasteiger partial charge on any atom is 0.314 e. The van der Waals surface area contributed by atoms with Gasteiger partial charge < -0.3 is 14.8 Å². The molecule has 0 saturated heterocycles. The number of carbonyl (C=O) groups excluding carboxylic acids is 1. The molecule has 1 aliphatic rings. The molecule has 0 aromatic heterocycles. The van der Waals surface area contributed by atoms with E-state index >= 15 is 0 Å². The number of carbonyl (C=O) groups is 1. The van der Waals surface area contributed by atoms with Crippen LogP contribution in [0.3, 0.4) is 0 Å². The Morgan fingerprint density at radius 1 is 1.30 bits per heavy atom. The Morgan fingerprint density at radius 2 is 2.00 bits per heavy atom. The number of rotatable bonds is 6. The largest absolute Gasteiger partial charge is 0.496 e. The van der Waals surface area contributed by atoms with Gasteiger partial charge in [-0.1, -0.05) is 31.0 Å². The molecule has 4 nitrogen and oxygen atoms in total. The first kappa shape index (κ1) is 14.9. The minimum Gasteiger partial charge on any atom is -0.496 e. The Morgan fingerprint density at radius 3 is 2.65 bits per heavy atom. The molecule has 2 rings (SSSR count).